The van der Waals surface area contributed by atoms with Crippen LogP contribution in [0.2, 0.25) is 0 Å². The lowest BCUT2D eigenvalue weighted by molar-refractivity contribution is -0.138. The average Bonchev–Trinajstić information content (AvgIpc) is 2.84. The minimum absolute atomic E-state index is 0.285. The number of hydrogen-bond donors (Lipinski definition) is 2. The van der Waals surface area contributed by atoms with Crippen LogP contribution in [0.15, 0.2) is 42.5 Å². The zero-order valence-electron chi connectivity index (χ0n) is 12.2. The van der Waals surface area contributed by atoms with Crippen molar-refractivity contribution in [3.63, 3.8) is 0 Å². The molecule has 23 heavy (non-hydrogen) atoms. The second-order valence-electron chi connectivity index (χ2n) is 5.34. The predicted molar refractivity (Wildman–Crippen MR) is 82.6 cm³/mol. The first-order valence-electron chi connectivity index (χ1n) is 6.98. The number of amides is 2. The Hall–Kier alpha value is -3.02. The molecule has 3 rings (SSSR count). The van der Waals surface area contributed by atoms with Crippen LogP contribution in [-0.4, -0.2) is 17.6 Å². The Morgan fingerprint density at radius 2 is 1.83 bits per heavy atom. The van der Waals surface area contributed by atoms with Gasteiger partial charge >= 0.3 is 0 Å². The van der Waals surface area contributed by atoms with Crippen molar-refractivity contribution in [1.29, 1.82) is 0 Å². The highest BCUT2D eigenvalue weighted by atomic mass is 19.1. The number of rotatable bonds is 3. The molecule has 5 nitrogen and oxygen atoms in total. The van der Waals surface area contributed by atoms with Crippen LogP contribution in [-0.2, 0) is 14.4 Å². The molecule has 0 saturated heterocycles. The van der Waals surface area contributed by atoms with E-state index in [1.54, 1.807) is 12.1 Å². The molecule has 0 saturated carbocycles. The van der Waals surface area contributed by atoms with Gasteiger partial charge in [-0.1, -0.05) is 17.7 Å². The predicted octanol–water partition coefficient (Wildman–Crippen LogP) is 2.38. The van der Waals surface area contributed by atoms with E-state index in [4.69, 9.17) is 0 Å². The highest BCUT2D eigenvalue weighted by Gasteiger charge is 2.39. The maximum atomic E-state index is 12.9. The number of benzene rings is 2. The van der Waals surface area contributed by atoms with Crippen LogP contribution in [0, 0.1) is 12.7 Å². The number of carbonyl (C=O) groups excluding carboxylic acids is 3. The van der Waals surface area contributed by atoms with Crippen LogP contribution in [0.4, 0.5) is 15.8 Å². The normalized spacial score (nSPS) is 15.7. The van der Waals surface area contributed by atoms with Gasteiger partial charge in [-0.25, -0.2) is 4.39 Å². The van der Waals surface area contributed by atoms with Crippen molar-refractivity contribution in [2.45, 2.75) is 12.8 Å². The molecule has 0 fully saturated rings. The molecule has 2 N–H and O–H groups in total. The molecule has 0 bridgehead atoms. The molecule has 1 heterocycles. The number of hydrogen-bond acceptors (Lipinski definition) is 3. The molecule has 2 amide bonds. The molecule has 2 aromatic carbocycles. The summed E-state index contributed by atoms with van der Waals surface area (Å²) in [5.41, 5.74) is 2.20. The summed E-state index contributed by atoms with van der Waals surface area (Å²) in [7, 11) is 0. The molecule has 0 aliphatic carbocycles. The summed E-state index contributed by atoms with van der Waals surface area (Å²) in [5.74, 6) is -3.90. The number of halogens is 1. The van der Waals surface area contributed by atoms with E-state index >= 15 is 0 Å². The van der Waals surface area contributed by atoms with E-state index in [0.717, 1.165) is 5.56 Å². The van der Waals surface area contributed by atoms with Crippen LogP contribution in [0.3, 0.4) is 0 Å². The Kier molecular flexibility index (Phi) is 3.65. The largest absolute Gasteiger partial charge is 0.325 e. The Balaban J connectivity index is 1.83. The Bertz CT molecular complexity index is 815. The van der Waals surface area contributed by atoms with Gasteiger partial charge in [0.2, 0.25) is 11.7 Å². The van der Waals surface area contributed by atoms with Crippen molar-refractivity contribution < 1.29 is 18.8 Å². The highest BCUT2D eigenvalue weighted by Crippen LogP contribution is 2.34. The Morgan fingerprint density at radius 3 is 2.52 bits per heavy atom. The minimum Gasteiger partial charge on any atom is -0.325 e. The standard InChI is InChI=1S/C17H13FN2O3/c1-9-2-7-13-12(8-9)14(16(22)20-13)15(21)17(23)19-11-5-3-10(18)4-6-11/h2-8,14H,1H3,(H,19,23)(H,20,22). The van der Waals surface area contributed by atoms with Gasteiger partial charge < -0.3 is 10.6 Å². The first-order chi connectivity index (χ1) is 11.0. The molecule has 1 aliphatic heterocycles. The topological polar surface area (TPSA) is 75.3 Å². The van der Waals surface area contributed by atoms with Crippen molar-refractivity contribution in [2.24, 2.45) is 0 Å². The van der Waals surface area contributed by atoms with Crippen LogP contribution < -0.4 is 10.6 Å². The molecular weight excluding hydrogens is 299 g/mol. The zero-order valence-corrected chi connectivity index (χ0v) is 12.2. The van der Waals surface area contributed by atoms with Gasteiger partial charge in [0.15, 0.2) is 0 Å². The SMILES string of the molecule is Cc1ccc2c(c1)C(C(=O)C(=O)Nc1ccc(F)cc1)C(=O)N2. The highest BCUT2D eigenvalue weighted by molar-refractivity contribution is 6.47. The second-order valence-corrected chi connectivity index (χ2v) is 5.34. The van der Waals surface area contributed by atoms with E-state index in [2.05, 4.69) is 10.6 Å². The Labute approximate surface area is 131 Å². The summed E-state index contributed by atoms with van der Waals surface area (Å²) in [6.07, 6.45) is 0. The van der Waals surface area contributed by atoms with Crippen molar-refractivity contribution in [3.8, 4) is 0 Å². The maximum absolute atomic E-state index is 12.9. The third-order valence-corrected chi connectivity index (χ3v) is 3.63. The van der Waals surface area contributed by atoms with E-state index in [1.165, 1.54) is 24.3 Å². The third-order valence-electron chi connectivity index (χ3n) is 3.63. The van der Waals surface area contributed by atoms with Gasteiger partial charge in [0.1, 0.15) is 11.7 Å². The lowest BCUT2D eigenvalue weighted by atomic mass is 9.94. The molecule has 1 unspecified atom stereocenters. The van der Waals surface area contributed by atoms with E-state index in [0.29, 0.717) is 11.3 Å². The van der Waals surface area contributed by atoms with Gasteiger partial charge in [0.05, 0.1) is 0 Å². The number of carbonyl (C=O) groups is 3. The van der Waals surface area contributed by atoms with Gasteiger partial charge in [-0.15, -0.1) is 0 Å². The van der Waals surface area contributed by atoms with E-state index in [1.807, 2.05) is 13.0 Å². The summed E-state index contributed by atoms with van der Waals surface area (Å²) in [5, 5.41) is 4.97. The smallest absolute Gasteiger partial charge is 0.292 e. The summed E-state index contributed by atoms with van der Waals surface area (Å²) < 4.78 is 12.9. The lowest BCUT2D eigenvalue weighted by Gasteiger charge is -2.09. The summed E-state index contributed by atoms with van der Waals surface area (Å²) in [4.78, 5) is 36.5. The van der Waals surface area contributed by atoms with Gasteiger partial charge in [0, 0.05) is 11.4 Å². The van der Waals surface area contributed by atoms with Crippen LogP contribution in [0.5, 0.6) is 0 Å². The van der Waals surface area contributed by atoms with Gasteiger partial charge in [-0.3, -0.25) is 14.4 Å². The quantitative estimate of drug-likeness (QED) is 0.675. The number of aryl methyl sites for hydroxylation is 1. The van der Waals surface area contributed by atoms with Crippen LogP contribution >= 0.6 is 0 Å². The van der Waals surface area contributed by atoms with Crippen LogP contribution in [0.25, 0.3) is 0 Å². The number of anilines is 2. The van der Waals surface area contributed by atoms with Crippen LogP contribution in [0.1, 0.15) is 17.0 Å². The lowest BCUT2D eigenvalue weighted by Crippen LogP contribution is -2.31. The fourth-order valence-corrected chi connectivity index (χ4v) is 2.50. The molecule has 2 aromatic rings. The molecule has 1 aliphatic rings. The van der Waals surface area contributed by atoms with Crippen molar-refractivity contribution in [1.82, 2.24) is 0 Å². The van der Waals surface area contributed by atoms with Gasteiger partial charge in [-0.05, 0) is 42.8 Å². The maximum Gasteiger partial charge on any atom is 0.292 e. The summed E-state index contributed by atoms with van der Waals surface area (Å²) >= 11 is 0. The van der Waals surface area contributed by atoms with Crippen molar-refractivity contribution >= 4 is 29.0 Å². The summed E-state index contributed by atoms with van der Waals surface area (Å²) in [6.45, 7) is 1.84. The van der Waals surface area contributed by atoms with Gasteiger partial charge in [-0.2, -0.15) is 0 Å². The van der Waals surface area contributed by atoms with E-state index in [9.17, 15) is 18.8 Å². The number of fused-ring (bicyclic) bond motifs is 1. The number of Topliss-reactive ketones (excluding diaryl/α,β-unsaturated/α-hetero) is 1. The monoisotopic (exact) mass is 312 g/mol. The average molecular weight is 312 g/mol. The fourth-order valence-electron chi connectivity index (χ4n) is 2.50. The van der Waals surface area contributed by atoms with E-state index in [-0.39, 0.29) is 5.69 Å². The number of ketones is 1. The van der Waals surface area contributed by atoms with Gasteiger partial charge in [0.25, 0.3) is 5.91 Å². The summed E-state index contributed by atoms with van der Waals surface area (Å²) in [6, 6.07) is 10.2. The second kappa shape index (κ2) is 5.64. The molecule has 6 heteroatoms. The van der Waals surface area contributed by atoms with Crippen molar-refractivity contribution in [3.05, 3.63) is 59.4 Å². The van der Waals surface area contributed by atoms with E-state index < -0.39 is 29.3 Å². The molecular formula is C17H13FN2O3. The first-order valence-corrected chi connectivity index (χ1v) is 6.98. The fraction of sp³-hybridized carbons (Fsp3) is 0.118. The minimum atomic E-state index is -1.16. The third kappa shape index (κ3) is 2.83. The molecule has 0 aromatic heterocycles. The molecule has 1 atom stereocenters. The number of nitrogens with one attached hydrogen (secondary N) is 2. The Morgan fingerprint density at radius 1 is 1.13 bits per heavy atom. The molecule has 0 spiro atoms. The zero-order chi connectivity index (χ0) is 16.6. The first kappa shape index (κ1) is 14.9. The molecule has 0 radical (unpaired) electrons. The van der Waals surface area contributed by atoms with Crippen molar-refractivity contribution in [2.75, 3.05) is 10.6 Å². The molecule has 116 valence electrons.